The van der Waals surface area contributed by atoms with Crippen molar-refractivity contribution in [2.24, 2.45) is 0 Å². The maximum atomic E-state index is 5.92. The lowest BCUT2D eigenvalue weighted by Gasteiger charge is -2.09. The third-order valence-electron chi connectivity index (χ3n) is 2.50. The quantitative estimate of drug-likeness (QED) is 0.554. The Balaban J connectivity index is 1.81. The molecule has 2 rings (SSSR count). The Kier molecular flexibility index (Phi) is 6.24. The average molecular weight is 309 g/mol. The molecule has 0 atom stereocenters. The van der Waals surface area contributed by atoms with Gasteiger partial charge in [-0.05, 0) is 19.1 Å². The van der Waals surface area contributed by atoms with Gasteiger partial charge in [0, 0.05) is 12.7 Å². The number of para-hydroxylation sites is 1. The van der Waals surface area contributed by atoms with Gasteiger partial charge in [0.2, 0.25) is 5.88 Å². The van der Waals surface area contributed by atoms with Crippen molar-refractivity contribution in [3.05, 3.63) is 47.4 Å². The van der Waals surface area contributed by atoms with E-state index in [0.29, 0.717) is 43.3 Å². The summed E-state index contributed by atoms with van der Waals surface area (Å²) in [6.07, 6.45) is 0. The van der Waals surface area contributed by atoms with Gasteiger partial charge in [-0.2, -0.15) is 4.98 Å². The van der Waals surface area contributed by atoms with Gasteiger partial charge in [0.25, 0.3) is 0 Å². The molecule has 0 saturated carbocycles. The van der Waals surface area contributed by atoms with Crippen LogP contribution in [0.3, 0.4) is 0 Å². The van der Waals surface area contributed by atoms with Gasteiger partial charge in [-0.1, -0.05) is 29.8 Å². The maximum absolute atomic E-state index is 5.92. The minimum absolute atomic E-state index is 0.313. The van der Waals surface area contributed by atoms with Crippen LogP contribution in [0.1, 0.15) is 12.7 Å². The Morgan fingerprint density at radius 2 is 1.81 bits per heavy atom. The van der Waals surface area contributed by atoms with Crippen molar-refractivity contribution < 1.29 is 14.2 Å². The van der Waals surface area contributed by atoms with E-state index in [-0.39, 0.29) is 0 Å². The van der Waals surface area contributed by atoms with E-state index in [1.165, 1.54) is 0 Å². The Labute approximate surface area is 128 Å². The smallest absolute Gasteiger partial charge is 0.218 e. The van der Waals surface area contributed by atoms with Gasteiger partial charge >= 0.3 is 0 Å². The first-order chi connectivity index (χ1) is 10.3. The van der Waals surface area contributed by atoms with E-state index in [4.69, 9.17) is 25.8 Å². The van der Waals surface area contributed by atoms with E-state index in [1.54, 1.807) is 6.07 Å². The van der Waals surface area contributed by atoms with Gasteiger partial charge in [0.15, 0.2) is 5.82 Å². The zero-order valence-corrected chi connectivity index (χ0v) is 12.5. The van der Waals surface area contributed by atoms with Gasteiger partial charge in [-0.15, -0.1) is 0 Å². The summed E-state index contributed by atoms with van der Waals surface area (Å²) in [5.74, 6) is 1.73. The van der Waals surface area contributed by atoms with Crippen LogP contribution in [0.2, 0.25) is 5.15 Å². The summed E-state index contributed by atoms with van der Waals surface area (Å²) < 4.78 is 16.3. The van der Waals surface area contributed by atoms with Crippen LogP contribution >= 0.6 is 11.6 Å². The molecule has 1 aromatic carbocycles. The molecule has 2 aromatic rings. The van der Waals surface area contributed by atoms with E-state index in [9.17, 15) is 0 Å². The molecule has 0 bridgehead atoms. The second-order valence-corrected chi connectivity index (χ2v) is 4.48. The number of aromatic nitrogens is 2. The summed E-state index contributed by atoms with van der Waals surface area (Å²) in [6.45, 7) is 3.61. The van der Waals surface area contributed by atoms with Gasteiger partial charge in [-0.3, -0.25) is 0 Å². The van der Waals surface area contributed by atoms with E-state index >= 15 is 0 Å². The number of hydrogen-bond acceptors (Lipinski definition) is 5. The highest BCUT2D eigenvalue weighted by molar-refractivity contribution is 6.29. The molecule has 112 valence electrons. The Bertz CT molecular complexity index is 552. The molecular weight excluding hydrogens is 292 g/mol. The zero-order chi connectivity index (χ0) is 14.9. The number of benzene rings is 1. The number of hydrogen-bond donors (Lipinski definition) is 0. The highest BCUT2D eigenvalue weighted by Gasteiger charge is 2.04. The molecule has 5 nitrogen and oxygen atoms in total. The molecule has 0 amide bonds. The first-order valence-electron chi connectivity index (χ1n) is 6.70. The van der Waals surface area contributed by atoms with Crippen molar-refractivity contribution in [3.63, 3.8) is 0 Å². The monoisotopic (exact) mass is 308 g/mol. The standard InChI is InChI=1S/C15H17ClN2O3/c1-2-19-11-14-17-13(16)10-15(18-14)21-9-8-20-12-6-4-3-5-7-12/h3-7,10H,2,8-9,11H2,1H3. The minimum atomic E-state index is 0.313. The first-order valence-corrected chi connectivity index (χ1v) is 7.07. The first kappa shape index (κ1) is 15.5. The van der Waals surface area contributed by atoms with Crippen LogP contribution < -0.4 is 9.47 Å². The second-order valence-electron chi connectivity index (χ2n) is 4.09. The van der Waals surface area contributed by atoms with Crippen molar-refractivity contribution in [3.8, 4) is 11.6 Å². The van der Waals surface area contributed by atoms with Crippen LogP contribution in [0.25, 0.3) is 0 Å². The molecule has 0 spiro atoms. The van der Waals surface area contributed by atoms with Crippen LogP contribution in [0, 0.1) is 0 Å². The summed E-state index contributed by atoms with van der Waals surface area (Å²) in [6, 6.07) is 11.1. The van der Waals surface area contributed by atoms with Crippen LogP contribution in [-0.2, 0) is 11.3 Å². The number of ether oxygens (including phenoxy) is 3. The number of halogens is 1. The molecule has 21 heavy (non-hydrogen) atoms. The summed E-state index contributed by atoms with van der Waals surface area (Å²) in [5.41, 5.74) is 0. The molecular formula is C15H17ClN2O3. The highest BCUT2D eigenvalue weighted by atomic mass is 35.5. The molecule has 0 aliphatic heterocycles. The molecule has 0 unspecified atom stereocenters. The summed E-state index contributed by atoms with van der Waals surface area (Å²) in [5, 5.41) is 0.332. The summed E-state index contributed by atoms with van der Waals surface area (Å²) >= 11 is 5.92. The van der Waals surface area contributed by atoms with Gasteiger partial charge in [0.05, 0.1) is 0 Å². The van der Waals surface area contributed by atoms with Crippen molar-refractivity contribution in [1.82, 2.24) is 9.97 Å². The molecule has 1 aromatic heterocycles. The van der Waals surface area contributed by atoms with Crippen molar-refractivity contribution in [2.75, 3.05) is 19.8 Å². The third-order valence-corrected chi connectivity index (χ3v) is 2.69. The van der Waals surface area contributed by atoms with Gasteiger partial charge < -0.3 is 14.2 Å². The topological polar surface area (TPSA) is 53.5 Å². The average Bonchev–Trinajstić information content (AvgIpc) is 2.50. The fourth-order valence-corrected chi connectivity index (χ4v) is 1.79. The molecule has 0 saturated heterocycles. The van der Waals surface area contributed by atoms with Gasteiger partial charge in [0.1, 0.15) is 30.7 Å². The second kappa shape index (κ2) is 8.44. The zero-order valence-electron chi connectivity index (χ0n) is 11.8. The maximum Gasteiger partial charge on any atom is 0.218 e. The minimum Gasteiger partial charge on any atom is -0.490 e. The van der Waals surface area contributed by atoms with Crippen LogP contribution in [-0.4, -0.2) is 29.8 Å². The summed E-state index contributed by atoms with van der Waals surface area (Å²) in [7, 11) is 0. The van der Waals surface area contributed by atoms with E-state index in [0.717, 1.165) is 5.75 Å². The van der Waals surface area contributed by atoms with E-state index < -0.39 is 0 Å². The SMILES string of the molecule is CCOCc1nc(Cl)cc(OCCOc2ccccc2)n1. The lowest BCUT2D eigenvalue weighted by atomic mass is 10.3. The van der Waals surface area contributed by atoms with Crippen molar-refractivity contribution in [2.45, 2.75) is 13.5 Å². The van der Waals surface area contributed by atoms with Crippen molar-refractivity contribution in [1.29, 1.82) is 0 Å². The Morgan fingerprint density at radius 3 is 2.57 bits per heavy atom. The molecule has 0 fully saturated rings. The normalized spacial score (nSPS) is 10.4. The number of rotatable bonds is 8. The lowest BCUT2D eigenvalue weighted by Crippen LogP contribution is -2.10. The molecule has 0 aliphatic carbocycles. The summed E-state index contributed by atoms with van der Waals surface area (Å²) in [4.78, 5) is 8.28. The third kappa shape index (κ3) is 5.57. The van der Waals surface area contributed by atoms with Crippen LogP contribution in [0.4, 0.5) is 0 Å². The van der Waals surface area contributed by atoms with Crippen LogP contribution in [0.15, 0.2) is 36.4 Å². The Morgan fingerprint density at radius 1 is 1.05 bits per heavy atom. The highest BCUT2D eigenvalue weighted by Crippen LogP contribution is 2.14. The lowest BCUT2D eigenvalue weighted by molar-refractivity contribution is 0.127. The van der Waals surface area contributed by atoms with Crippen LogP contribution in [0.5, 0.6) is 11.6 Å². The predicted molar refractivity (Wildman–Crippen MR) is 79.8 cm³/mol. The molecule has 0 N–H and O–H groups in total. The predicted octanol–water partition coefficient (Wildman–Crippen LogP) is 3.12. The Hall–Kier alpha value is -1.85. The fourth-order valence-electron chi connectivity index (χ4n) is 1.60. The van der Waals surface area contributed by atoms with E-state index in [1.807, 2.05) is 37.3 Å². The fraction of sp³-hybridized carbons (Fsp3) is 0.333. The molecule has 6 heteroatoms. The largest absolute Gasteiger partial charge is 0.490 e. The molecule has 0 aliphatic rings. The van der Waals surface area contributed by atoms with E-state index in [2.05, 4.69) is 9.97 Å². The molecule has 1 heterocycles. The number of nitrogens with zero attached hydrogens (tertiary/aromatic N) is 2. The van der Waals surface area contributed by atoms with Crippen molar-refractivity contribution >= 4 is 11.6 Å². The molecule has 0 radical (unpaired) electrons. The van der Waals surface area contributed by atoms with Gasteiger partial charge in [-0.25, -0.2) is 4.98 Å².